The molecule has 1 aromatic heterocycles. The fourth-order valence-electron chi connectivity index (χ4n) is 1.85. The van der Waals surface area contributed by atoms with Crippen LogP contribution >= 0.6 is 0 Å². The van der Waals surface area contributed by atoms with Gasteiger partial charge in [-0.15, -0.1) is 0 Å². The van der Waals surface area contributed by atoms with Crippen molar-refractivity contribution in [2.75, 3.05) is 7.11 Å². The van der Waals surface area contributed by atoms with Crippen LogP contribution < -0.4 is 4.74 Å². The molecule has 0 atom stereocenters. The predicted molar refractivity (Wildman–Crippen MR) is 68.4 cm³/mol. The molecule has 0 bridgehead atoms. The Morgan fingerprint density at radius 2 is 1.80 bits per heavy atom. The topological polar surface area (TPSA) is 97.0 Å². The summed E-state index contributed by atoms with van der Waals surface area (Å²) in [4.78, 5) is 22.1. The van der Waals surface area contributed by atoms with Crippen LogP contribution in [-0.4, -0.2) is 29.3 Å². The first-order chi connectivity index (χ1) is 9.52. The molecule has 0 amide bonds. The quantitative estimate of drug-likeness (QED) is 0.869. The third kappa shape index (κ3) is 2.64. The van der Waals surface area contributed by atoms with Gasteiger partial charge in [0.25, 0.3) is 0 Å². The van der Waals surface area contributed by atoms with Gasteiger partial charge in [0.15, 0.2) is 0 Å². The van der Waals surface area contributed by atoms with Crippen molar-refractivity contribution in [3.63, 3.8) is 0 Å². The number of carbonyl (C=O) groups is 2. The summed E-state index contributed by atoms with van der Waals surface area (Å²) in [7, 11) is 1.54. The van der Waals surface area contributed by atoms with E-state index in [-0.39, 0.29) is 23.3 Å². The second-order valence-electron chi connectivity index (χ2n) is 4.08. The van der Waals surface area contributed by atoms with E-state index in [1.165, 1.54) is 0 Å². The molecule has 0 radical (unpaired) electrons. The zero-order valence-electron chi connectivity index (χ0n) is 10.6. The van der Waals surface area contributed by atoms with Crippen molar-refractivity contribution in [2.45, 2.75) is 6.42 Å². The van der Waals surface area contributed by atoms with E-state index in [1.807, 2.05) is 0 Å². The molecule has 0 aliphatic carbocycles. The number of ether oxygens (including phenoxy) is 1. The lowest BCUT2D eigenvalue weighted by atomic mass is 10.0. The Bertz CT molecular complexity index is 638. The van der Waals surface area contributed by atoms with E-state index >= 15 is 0 Å². The van der Waals surface area contributed by atoms with Crippen LogP contribution in [0.4, 0.5) is 0 Å². The molecule has 0 aliphatic rings. The van der Waals surface area contributed by atoms with Gasteiger partial charge in [0.2, 0.25) is 0 Å². The minimum atomic E-state index is -1.33. The fraction of sp³-hybridized carbons (Fsp3) is 0.143. The van der Waals surface area contributed by atoms with Gasteiger partial charge >= 0.3 is 11.9 Å². The first kappa shape index (κ1) is 13.7. The number of rotatable bonds is 5. The fourth-order valence-corrected chi connectivity index (χ4v) is 1.85. The van der Waals surface area contributed by atoms with E-state index in [1.54, 1.807) is 31.4 Å². The van der Waals surface area contributed by atoms with Crippen LogP contribution in [0.25, 0.3) is 0 Å². The number of benzene rings is 1. The van der Waals surface area contributed by atoms with Gasteiger partial charge in [-0.2, -0.15) is 0 Å². The summed E-state index contributed by atoms with van der Waals surface area (Å²) in [5.41, 5.74) is 0.133. The number of hydrogen-bond donors (Lipinski definition) is 2. The Morgan fingerprint density at radius 3 is 2.30 bits per heavy atom. The Labute approximate surface area is 114 Å². The molecule has 1 aromatic carbocycles. The molecule has 2 rings (SSSR count). The molecule has 104 valence electrons. The van der Waals surface area contributed by atoms with Crippen LogP contribution in [0.3, 0.4) is 0 Å². The van der Waals surface area contributed by atoms with E-state index in [9.17, 15) is 9.59 Å². The van der Waals surface area contributed by atoms with Crippen LogP contribution in [0, 0.1) is 0 Å². The van der Waals surface area contributed by atoms with Crippen LogP contribution in [-0.2, 0) is 6.42 Å². The standard InChI is InChI=1S/C14H12O6/c1-19-9-4-2-8(3-5-9)6-11-12(14(17)18)10(7-20-11)13(15)16/h2-5,7H,6H2,1H3,(H,15,16)(H,17,18). The van der Waals surface area contributed by atoms with E-state index in [0.29, 0.717) is 5.75 Å². The minimum Gasteiger partial charge on any atom is -0.497 e. The van der Waals surface area contributed by atoms with Crippen LogP contribution in [0.1, 0.15) is 32.0 Å². The molecule has 0 saturated carbocycles. The highest BCUT2D eigenvalue weighted by atomic mass is 16.5. The maximum absolute atomic E-state index is 11.2. The lowest BCUT2D eigenvalue weighted by molar-refractivity contribution is 0.0652. The second-order valence-corrected chi connectivity index (χ2v) is 4.08. The number of furan rings is 1. The van der Waals surface area contributed by atoms with Gasteiger partial charge in [0, 0.05) is 6.42 Å². The summed E-state index contributed by atoms with van der Waals surface area (Å²) >= 11 is 0. The van der Waals surface area contributed by atoms with Gasteiger partial charge in [0.1, 0.15) is 28.9 Å². The number of methoxy groups -OCH3 is 1. The summed E-state index contributed by atoms with van der Waals surface area (Å²) < 4.78 is 10.1. The number of carboxylic acid groups (broad SMARTS) is 2. The number of hydrogen-bond acceptors (Lipinski definition) is 4. The smallest absolute Gasteiger partial charge is 0.340 e. The predicted octanol–water partition coefficient (Wildman–Crippen LogP) is 2.28. The lowest BCUT2D eigenvalue weighted by Gasteiger charge is -2.03. The maximum atomic E-state index is 11.2. The van der Waals surface area contributed by atoms with Crippen molar-refractivity contribution >= 4 is 11.9 Å². The summed E-state index contributed by atoms with van der Waals surface area (Å²) in [6.07, 6.45) is 1.14. The Hall–Kier alpha value is -2.76. The maximum Gasteiger partial charge on any atom is 0.340 e. The van der Waals surface area contributed by atoms with Crippen LogP contribution in [0.5, 0.6) is 5.75 Å². The molecular weight excluding hydrogens is 264 g/mol. The average Bonchev–Trinajstić information content (AvgIpc) is 2.83. The molecule has 0 aliphatic heterocycles. The third-order valence-electron chi connectivity index (χ3n) is 2.84. The third-order valence-corrected chi connectivity index (χ3v) is 2.84. The van der Waals surface area contributed by atoms with Gasteiger partial charge in [-0.3, -0.25) is 0 Å². The average molecular weight is 276 g/mol. The molecule has 1 heterocycles. The van der Waals surface area contributed by atoms with E-state index in [4.69, 9.17) is 19.4 Å². The second kappa shape index (κ2) is 5.48. The molecule has 0 spiro atoms. The lowest BCUT2D eigenvalue weighted by Crippen LogP contribution is -2.07. The Kier molecular flexibility index (Phi) is 3.74. The summed E-state index contributed by atoms with van der Waals surface area (Å²) in [6.45, 7) is 0. The summed E-state index contributed by atoms with van der Waals surface area (Å²) in [6, 6.07) is 6.98. The molecule has 2 N–H and O–H groups in total. The highest BCUT2D eigenvalue weighted by molar-refractivity contribution is 6.02. The van der Waals surface area contributed by atoms with Gasteiger partial charge in [-0.25, -0.2) is 9.59 Å². The van der Waals surface area contributed by atoms with Gasteiger partial charge in [-0.05, 0) is 17.7 Å². The zero-order valence-corrected chi connectivity index (χ0v) is 10.6. The normalized spacial score (nSPS) is 10.2. The first-order valence-electron chi connectivity index (χ1n) is 5.72. The van der Waals surface area contributed by atoms with Crippen molar-refractivity contribution in [2.24, 2.45) is 0 Å². The Balaban J connectivity index is 2.33. The molecule has 0 unspecified atom stereocenters. The van der Waals surface area contributed by atoms with Gasteiger partial charge in [0.05, 0.1) is 7.11 Å². The highest BCUT2D eigenvalue weighted by Gasteiger charge is 2.24. The van der Waals surface area contributed by atoms with E-state index in [0.717, 1.165) is 11.8 Å². The molecular formula is C14H12O6. The number of aromatic carboxylic acids is 2. The molecule has 20 heavy (non-hydrogen) atoms. The van der Waals surface area contributed by atoms with Gasteiger partial charge < -0.3 is 19.4 Å². The monoisotopic (exact) mass is 276 g/mol. The zero-order chi connectivity index (χ0) is 14.7. The van der Waals surface area contributed by atoms with Crippen molar-refractivity contribution in [1.29, 1.82) is 0 Å². The largest absolute Gasteiger partial charge is 0.497 e. The van der Waals surface area contributed by atoms with Crippen molar-refractivity contribution in [3.05, 3.63) is 53.0 Å². The number of carboxylic acids is 2. The van der Waals surface area contributed by atoms with Crippen LogP contribution in [0.15, 0.2) is 34.9 Å². The molecule has 6 nitrogen and oxygen atoms in total. The Morgan fingerprint density at radius 1 is 1.15 bits per heavy atom. The van der Waals surface area contributed by atoms with E-state index in [2.05, 4.69) is 0 Å². The van der Waals surface area contributed by atoms with Crippen molar-refractivity contribution in [3.8, 4) is 5.75 Å². The van der Waals surface area contributed by atoms with Crippen molar-refractivity contribution < 1.29 is 29.0 Å². The molecule has 2 aromatic rings. The van der Waals surface area contributed by atoms with Crippen LogP contribution in [0.2, 0.25) is 0 Å². The molecule has 0 saturated heterocycles. The molecule has 6 heteroatoms. The molecule has 0 fully saturated rings. The van der Waals surface area contributed by atoms with Gasteiger partial charge in [-0.1, -0.05) is 12.1 Å². The van der Waals surface area contributed by atoms with Crippen molar-refractivity contribution in [1.82, 2.24) is 0 Å². The first-order valence-corrected chi connectivity index (χ1v) is 5.72. The SMILES string of the molecule is COc1ccc(Cc2occ(C(=O)O)c2C(=O)O)cc1. The minimum absolute atomic E-state index is 0.111. The van der Waals surface area contributed by atoms with E-state index < -0.39 is 11.9 Å². The summed E-state index contributed by atoms with van der Waals surface area (Å²) in [5.74, 6) is -1.86. The summed E-state index contributed by atoms with van der Waals surface area (Å²) in [5, 5.41) is 18.0. The highest BCUT2D eigenvalue weighted by Crippen LogP contribution is 2.22.